The fourth-order valence-corrected chi connectivity index (χ4v) is 0. The Morgan fingerprint density at radius 2 is 0.609 bits per heavy atom. The van der Waals surface area contributed by atoms with Crippen LogP contribution in [0, 0.1) is 0 Å². The summed E-state index contributed by atoms with van der Waals surface area (Å²) in [4.78, 5) is 36.0. The molecular weight excluding hydrogens is 390 g/mol. The normalized spacial score (nSPS) is 6.87. The van der Waals surface area contributed by atoms with Crippen LogP contribution in [0.3, 0.4) is 0 Å². The molecule has 0 saturated carbocycles. The van der Waals surface area contributed by atoms with Crippen molar-refractivity contribution in [3.05, 3.63) is 0 Å². The minimum Gasteiger partial charge on any atom is -0.481 e. The molecule has 0 heterocycles. The zero-order chi connectivity index (χ0) is 18.8. The Balaban J connectivity index is -0.0000000273. The number of carboxylic acid groups (broad SMARTS) is 4. The van der Waals surface area contributed by atoms with E-state index in [2.05, 4.69) is 0 Å². The SMILES string of the molecule is CC(=O)O.CC(=O)O.CC(=O)O.CC(=O)O.N.O=S(=O)(O)O.[Fe]. The largest absolute Gasteiger partial charge is 0.481 e. The standard InChI is InChI=1S/4C2H4O2.Fe.H3N.H2O4S/c4*1-2(3)4;;;1-5(2,3)4/h4*1H3,(H,3,4);;1H3;(H2,1,2,3,4). The van der Waals surface area contributed by atoms with E-state index in [-0.39, 0.29) is 23.2 Å². The third kappa shape index (κ3) is 2140. The predicted molar refractivity (Wildman–Crippen MR) is 72.4 cm³/mol. The zero-order valence-corrected chi connectivity index (χ0v) is 14.5. The van der Waals surface area contributed by atoms with Gasteiger partial charge in [0.05, 0.1) is 0 Å². The maximum Gasteiger partial charge on any atom is 0.394 e. The summed E-state index contributed by atoms with van der Waals surface area (Å²) in [5.74, 6) is -3.33. The van der Waals surface area contributed by atoms with Gasteiger partial charge in [0, 0.05) is 44.8 Å². The topological polar surface area (TPSA) is 259 Å². The van der Waals surface area contributed by atoms with Gasteiger partial charge in [0.25, 0.3) is 23.9 Å². The van der Waals surface area contributed by atoms with Gasteiger partial charge >= 0.3 is 10.4 Å². The molecule has 0 aromatic carbocycles. The average Bonchev–Trinajstić information content (AvgIpc) is 1.91. The molecule has 0 atom stereocenters. The van der Waals surface area contributed by atoms with Crippen LogP contribution in [-0.4, -0.2) is 61.8 Å². The van der Waals surface area contributed by atoms with E-state index in [9.17, 15) is 0 Å². The average molecular weight is 411 g/mol. The molecule has 0 rings (SSSR count). The van der Waals surface area contributed by atoms with E-state index >= 15 is 0 Å². The van der Waals surface area contributed by atoms with Crippen molar-refractivity contribution in [1.29, 1.82) is 0 Å². The van der Waals surface area contributed by atoms with Crippen molar-refractivity contribution >= 4 is 34.3 Å². The van der Waals surface area contributed by atoms with Crippen molar-refractivity contribution in [2.45, 2.75) is 27.7 Å². The first-order valence-electron chi connectivity index (χ1n) is 4.41. The molecular formula is C8H21FeNO12S. The van der Waals surface area contributed by atoms with Gasteiger partial charge in [-0.2, -0.15) is 8.42 Å². The quantitative estimate of drug-likeness (QED) is 0.203. The van der Waals surface area contributed by atoms with Crippen LogP contribution in [-0.2, 0) is 46.6 Å². The second kappa shape index (κ2) is 28.4. The monoisotopic (exact) mass is 411 g/mol. The van der Waals surface area contributed by atoms with E-state index in [0.29, 0.717) is 0 Å². The molecule has 9 N–H and O–H groups in total. The number of hydrogen-bond acceptors (Lipinski definition) is 7. The summed E-state index contributed by atoms with van der Waals surface area (Å²) < 4.78 is 31.6. The van der Waals surface area contributed by atoms with Crippen molar-refractivity contribution in [3.63, 3.8) is 0 Å². The Morgan fingerprint density at radius 1 is 0.609 bits per heavy atom. The van der Waals surface area contributed by atoms with Gasteiger partial charge in [-0.05, 0) is 0 Å². The van der Waals surface area contributed by atoms with Crippen molar-refractivity contribution in [2.24, 2.45) is 0 Å². The Hall–Kier alpha value is -1.77. The Kier molecular flexibility index (Phi) is 53.0. The molecule has 0 unspecified atom stereocenters. The maximum atomic E-state index is 9.00. The minimum atomic E-state index is -4.67. The van der Waals surface area contributed by atoms with Crippen molar-refractivity contribution in [2.75, 3.05) is 0 Å². The van der Waals surface area contributed by atoms with Gasteiger partial charge in [0.1, 0.15) is 0 Å². The molecule has 0 saturated heterocycles. The number of carbonyl (C=O) groups is 4. The summed E-state index contributed by atoms with van der Waals surface area (Å²) in [6, 6.07) is 0. The first-order chi connectivity index (χ1) is 8.93. The molecule has 0 fully saturated rings. The minimum absolute atomic E-state index is 0. The second-order valence-electron chi connectivity index (χ2n) is 2.52. The molecule has 0 bridgehead atoms. The van der Waals surface area contributed by atoms with Crippen molar-refractivity contribution < 1.29 is 74.2 Å². The first kappa shape index (κ1) is 42.9. The van der Waals surface area contributed by atoms with E-state index in [4.69, 9.17) is 57.1 Å². The van der Waals surface area contributed by atoms with E-state index in [1.54, 1.807) is 0 Å². The molecule has 23 heavy (non-hydrogen) atoms. The van der Waals surface area contributed by atoms with Gasteiger partial charge in [0.2, 0.25) is 0 Å². The van der Waals surface area contributed by atoms with Crippen LogP contribution in [0.4, 0.5) is 0 Å². The second-order valence-corrected chi connectivity index (χ2v) is 3.42. The molecule has 0 amide bonds. The summed E-state index contributed by atoms with van der Waals surface area (Å²) in [7, 11) is -4.67. The fraction of sp³-hybridized carbons (Fsp3) is 0.500. The van der Waals surface area contributed by atoms with E-state index in [1.807, 2.05) is 0 Å². The number of hydrogen-bond donors (Lipinski definition) is 7. The molecule has 13 nitrogen and oxygen atoms in total. The first-order valence-corrected chi connectivity index (χ1v) is 5.81. The van der Waals surface area contributed by atoms with Crippen LogP contribution in [0.15, 0.2) is 0 Å². The Bertz CT molecular complexity index is 335. The van der Waals surface area contributed by atoms with Crippen LogP contribution in [0.2, 0.25) is 0 Å². The van der Waals surface area contributed by atoms with Gasteiger partial charge in [-0.15, -0.1) is 0 Å². The molecule has 0 radical (unpaired) electrons. The van der Waals surface area contributed by atoms with Gasteiger partial charge in [-0.3, -0.25) is 28.3 Å². The van der Waals surface area contributed by atoms with Crippen LogP contribution < -0.4 is 6.15 Å². The summed E-state index contributed by atoms with van der Waals surface area (Å²) in [5.41, 5.74) is 0. The summed E-state index contributed by atoms with van der Waals surface area (Å²) in [6.45, 7) is 4.33. The zero-order valence-electron chi connectivity index (χ0n) is 12.6. The van der Waals surface area contributed by atoms with E-state index in [0.717, 1.165) is 27.7 Å². The maximum absolute atomic E-state index is 9.00. The Morgan fingerprint density at radius 3 is 0.609 bits per heavy atom. The molecule has 0 aliphatic rings. The molecule has 144 valence electrons. The van der Waals surface area contributed by atoms with Gasteiger partial charge in [-0.1, -0.05) is 0 Å². The molecule has 0 aromatic rings. The number of aliphatic carboxylic acids is 4. The summed E-state index contributed by atoms with van der Waals surface area (Å²) in [5, 5.41) is 29.7. The Labute approximate surface area is 143 Å². The third-order valence-corrected chi connectivity index (χ3v) is 0. The van der Waals surface area contributed by atoms with Crippen LogP contribution in [0.1, 0.15) is 27.7 Å². The summed E-state index contributed by atoms with van der Waals surface area (Å²) >= 11 is 0. The molecule has 15 heteroatoms. The predicted octanol–water partition coefficient (Wildman–Crippen LogP) is -0.130. The third-order valence-electron chi connectivity index (χ3n) is 0. The molecule has 0 aliphatic heterocycles. The van der Waals surface area contributed by atoms with Crippen LogP contribution >= 0.6 is 0 Å². The van der Waals surface area contributed by atoms with Gasteiger partial charge in [0.15, 0.2) is 0 Å². The van der Waals surface area contributed by atoms with E-state index < -0.39 is 34.3 Å². The molecule has 0 aromatic heterocycles. The number of rotatable bonds is 0. The van der Waals surface area contributed by atoms with Crippen molar-refractivity contribution in [3.8, 4) is 0 Å². The van der Waals surface area contributed by atoms with Crippen LogP contribution in [0.25, 0.3) is 0 Å². The van der Waals surface area contributed by atoms with E-state index in [1.165, 1.54) is 0 Å². The fourth-order valence-electron chi connectivity index (χ4n) is 0. The molecule has 0 aliphatic carbocycles. The van der Waals surface area contributed by atoms with Crippen LogP contribution in [0.5, 0.6) is 0 Å². The molecule has 0 spiro atoms. The van der Waals surface area contributed by atoms with Crippen molar-refractivity contribution in [1.82, 2.24) is 6.15 Å². The number of carboxylic acids is 4. The smallest absolute Gasteiger partial charge is 0.394 e. The van der Waals surface area contributed by atoms with Gasteiger partial charge in [-0.25, -0.2) is 0 Å². The van der Waals surface area contributed by atoms with Gasteiger partial charge < -0.3 is 26.6 Å². The summed E-state index contributed by atoms with van der Waals surface area (Å²) in [6.07, 6.45) is 0.